The fraction of sp³-hybridized carbons (Fsp3) is 0.500. The lowest BCUT2D eigenvalue weighted by molar-refractivity contribution is -0.136. The second-order valence-corrected chi connectivity index (χ2v) is 4.66. The molecule has 0 aliphatic heterocycles. The standard InChI is InChI=1S/C10H11Cl2N3O2/c11-8-5-7(10(12)14-13-8)15(6-1-2-6)4-3-9(16)17/h5-6H,1-4H2,(H,16,17). The van der Waals surface area contributed by atoms with Crippen LogP contribution in [-0.4, -0.2) is 33.9 Å². The number of carboxylic acids is 1. The summed E-state index contributed by atoms with van der Waals surface area (Å²) in [6, 6.07) is 1.96. The summed E-state index contributed by atoms with van der Waals surface area (Å²) >= 11 is 11.7. The van der Waals surface area contributed by atoms with Crippen molar-refractivity contribution in [3.63, 3.8) is 0 Å². The van der Waals surface area contributed by atoms with Crippen LogP contribution in [0.4, 0.5) is 5.69 Å². The van der Waals surface area contributed by atoms with Crippen LogP contribution in [0.15, 0.2) is 6.07 Å². The van der Waals surface area contributed by atoms with E-state index in [0.29, 0.717) is 18.3 Å². The molecule has 1 saturated carbocycles. The average Bonchev–Trinajstić information content (AvgIpc) is 3.07. The molecule has 1 aromatic heterocycles. The Balaban J connectivity index is 2.19. The Morgan fingerprint density at radius 3 is 2.76 bits per heavy atom. The van der Waals surface area contributed by atoms with Gasteiger partial charge < -0.3 is 10.0 Å². The highest BCUT2D eigenvalue weighted by Gasteiger charge is 2.31. The fourth-order valence-electron chi connectivity index (χ4n) is 1.65. The number of halogens is 2. The summed E-state index contributed by atoms with van der Waals surface area (Å²) in [4.78, 5) is 12.6. The van der Waals surface area contributed by atoms with Gasteiger partial charge in [0, 0.05) is 18.7 Å². The van der Waals surface area contributed by atoms with E-state index in [4.69, 9.17) is 28.3 Å². The number of aliphatic carboxylic acids is 1. The third-order valence-corrected chi connectivity index (χ3v) is 3.02. The van der Waals surface area contributed by atoms with Gasteiger partial charge in [0.05, 0.1) is 12.1 Å². The van der Waals surface area contributed by atoms with Crippen LogP contribution in [0.25, 0.3) is 0 Å². The van der Waals surface area contributed by atoms with Gasteiger partial charge in [0.15, 0.2) is 10.3 Å². The smallest absolute Gasteiger partial charge is 0.305 e. The molecule has 1 N–H and O–H groups in total. The average molecular weight is 276 g/mol. The SMILES string of the molecule is O=C(O)CCN(c1cc(Cl)nnc1Cl)C1CC1. The van der Waals surface area contributed by atoms with Crippen molar-refractivity contribution in [3.8, 4) is 0 Å². The summed E-state index contributed by atoms with van der Waals surface area (Å²) in [5, 5.41) is 16.6. The lowest BCUT2D eigenvalue weighted by Gasteiger charge is -2.24. The van der Waals surface area contributed by atoms with Gasteiger partial charge >= 0.3 is 5.97 Å². The van der Waals surface area contributed by atoms with Gasteiger partial charge in [-0.25, -0.2) is 0 Å². The first-order valence-electron chi connectivity index (χ1n) is 5.25. The predicted molar refractivity (Wildman–Crippen MR) is 64.7 cm³/mol. The van der Waals surface area contributed by atoms with Crippen molar-refractivity contribution in [3.05, 3.63) is 16.4 Å². The second-order valence-electron chi connectivity index (χ2n) is 3.91. The highest BCUT2D eigenvalue weighted by atomic mass is 35.5. The molecule has 1 aliphatic rings. The van der Waals surface area contributed by atoms with E-state index >= 15 is 0 Å². The molecule has 1 aromatic rings. The number of carbonyl (C=O) groups is 1. The van der Waals surface area contributed by atoms with E-state index < -0.39 is 5.97 Å². The molecule has 1 aliphatic carbocycles. The maximum atomic E-state index is 10.6. The zero-order chi connectivity index (χ0) is 12.4. The van der Waals surface area contributed by atoms with Crippen LogP contribution in [-0.2, 0) is 4.79 Å². The van der Waals surface area contributed by atoms with Gasteiger partial charge in [0.1, 0.15) is 0 Å². The maximum absolute atomic E-state index is 10.6. The number of rotatable bonds is 5. The molecule has 2 rings (SSSR count). The summed E-state index contributed by atoms with van der Waals surface area (Å²) in [7, 11) is 0. The number of carboxylic acid groups (broad SMARTS) is 1. The van der Waals surface area contributed by atoms with Gasteiger partial charge in [-0.05, 0) is 12.8 Å². The molecule has 0 spiro atoms. The van der Waals surface area contributed by atoms with Crippen LogP contribution in [0.3, 0.4) is 0 Å². The van der Waals surface area contributed by atoms with Gasteiger partial charge in [-0.15, -0.1) is 10.2 Å². The first kappa shape index (κ1) is 12.4. The number of nitrogens with zero attached hydrogens (tertiary/aromatic N) is 3. The van der Waals surface area contributed by atoms with E-state index in [-0.39, 0.29) is 16.7 Å². The number of hydrogen-bond acceptors (Lipinski definition) is 4. The fourth-order valence-corrected chi connectivity index (χ4v) is 1.99. The molecular formula is C10H11Cl2N3O2. The molecule has 0 saturated heterocycles. The van der Waals surface area contributed by atoms with Gasteiger partial charge in [-0.2, -0.15) is 0 Å². The maximum Gasteiger partial charge on any atom is 0.305 e. The van der Waals surface area contributed by atoms with E-state index in [1.165, 1.54) is 0 Å². The summed E-state index contributed by atoms with van der Waals surface area (Å²) in [6.45, 7) is 0.405. The van der Waals surface area contributed by atoms with Crippen molar-refractivity contribution in [1.82, 2.24) is 10.2 Å². The summed E-state index contributed by atoms with van der Waals surface area (Å²) in [6.07, 6.45) is 2.14. The molecule has 17 heavy (non-hydrogen) atoms. The summed E-state index contributed by atoms with van der Waals surface area (Å²) < 4.78 is 0. The molecule has 1 heterocycles. The van der Waals surface area contributed by atoms with Gasteiger partial charge in [0.25, 0.3) is 0 Å². The largest absolute Gasteiger partial charge is 0.481 e. The molecule has 5 nitrogen and oxygen atoms in total. The van der Waals surface area contributed by atoms with E-state index in [1.807, 2.05) is 4.90 Å². The van der Waals surface area contributed by atoms with E-state index in [1.54, 1.807) is 6.07 Å². The monoisotopic (exact) mass is 275 g/mol. The number of aromatic nitrogens is 2. The Kier molecular flexibility index (Phi) is 3.69. The van der Waals surface area contributed by atoms with Crippen molar-refractivity contribution in [2.75, 3.05) is 11.4 Å². The van der Waals surface area contributed by atoms with E-state index in [0.717, 1.165) is 12.8 Å². The van der Waals surface area contributed by atoms with E-state index in [2.05, 4.69) is 10.2 Å². The predicted octanol–water partition coefficient (Wildman–Crippen LogP) is 2.23. The van der Waals surface area contributed by atoms with Gasteiger partial charge in [-0.3, -0.25) is 4.79 Å². The first-order valence-corrected chi connectivity index (χ1v) is 6.00. The minimum atomic E-state index is -0.833. The lowest BCUT2D eigenvalue weighted by Crippen LogP contribution is -2.29. The van der Waals surface area contributed by atoms with Gasteiger partial charge in [-0.1, -0.05) is 23.2 Å². The van der Waals surface area contributed by atoms with Gasteiger partial charge in [0.2, 0.25) is 0 Å². The Morgan fingerprint density at radius 2 is 2.18 bits per heavy atom. The topological polar surface area (TPSA) is 66.3 Å². The Morgan fingerprint density at radius 1 is 1.47 bits per heavy atom. The molecule has 1 fully saturated rings. The van der Waals surface area contributed by atoms with Crippen LogP contribution in [0.5, 0.6) is 0 Å². The van der Waals surface area contributed by atoms with Crippen LogP contribution in [0.1, 0.15) is 19.3 Å². The molecule has 0 bridgehead atoms. The Hall–Kier alpha value is -1.07. The van der Waals surface area contributed by atoms with Crippen molar-refractivity contribution in [1.29, 1.82) is 0 Å². The zero-order valence-electron chi connectivity index (χ0n) is 8.94. The third kappa shape index (κ3) is 3.20. The second kappa shape index (κ2) is 5.06. The zero-order valence-corrected chi connectivity index (χ0v) is 10.4. The van der Waals surface area contributed by atoms with Crippen molar-refractivity contribution in [2.24, 2.45) is 0 Å². The highest BCUT2D eigenvalue weighted by Crippen LogP contribution is 2.35. The lowest BCUT2D eigenvalue weighted by atomic mass is 10.3. The number of hydrogen-bond donors (Lipinski definition) is 1. The molecule has 0 radical (unpaired) electrons. The van der Waals surface area contributed by atoms with Crippen LogP contribution in [0.2, 0.25) is 10.3 Å². The first-order chi connectivity index (χ1) is 8.08. The molecular weight excluding hydrogens is 265 g/mol. The van der Waals surface area contributed by atoms with Crippen LogP contribution < -0.4 is 4.90 Å². The summed E-state index contributed by atoms with van der Waals surface area (Å²) in [5.41, 5.74) is 0.662. The quantitative estimate of drug-likeness (QED) is 0.893. The molecule has 7 heteroatoms. The molecule has 0 atom stereocenters. The normalized spacial score (nSPS) is 14.7. The highest BCUT2D eigenvalue weighted by molar-refractivity contribution is 6.33. The van der Waals surface area contributed by atoms with Crippen molar-refractivity contribution in [2.45, 2.75) is 25.3 Å². The minimum absolute atomic E-state index is 0.0623. The van der Waals surface area contributed by atoms with E-state index in [9.17, 15) is 4.79 Å². The Bertz CT molecular complexity index is 438. The molecule has 0 amide bonds. The molecule has 0 unspecified atom stereocenters. The molecule has 0 aromatic carbocycles. The Labute approximate surface area is 108 Å². The third-order valence-electron chi connectivity index (χ3n) is 2.56. The van der Waals surface area contributed by atoms with Crippen LogP contribution >= 0.6 is 23.2 Å². The molecule has 92 valence electrons. The minimum Gasteiger partial charge on any atom is -0.481 e. The van der Waals surface area contributed by atoms with Crippen molar-refractivity contribution < 1.29 is 9.90 Å². The van der Waals surface area contributed by atoms with Crippen molar-refractivity contribution >= 4 is 34.9 Å². The number of anilines is 1. The van der Waals surface area contributed by atoms with Crippen LogP contribution in [0, 0.1) is 0 Å². The summed E-state index contributed by atoms with van der Waals surface area (Å²) in [5.74, 6) is -0.833.